The van der Waals surface area contributed by atoms with E-state index in [9.17, 15) is 18.8 Å². The van der Waals surface area contributed by atoms with E-state index in [1.54, 1.807) is 0 Å². The zero-order chi connectivity index (χ0) is 20.5. The number of ether oxygens (including phenoxy) is 1. The molecule has 1 aliphatic rings. The minimum Gasteiger partial charge on any atom is -0.466 e. The summed E-state index contributed by atoms with van der Waals surface area (Å²) in [6.45, 7) is 3.05. The van der Waals surface area contributed by atoms with Gasteiger partial charge in [-0.2, -0.15) is 0 Å². The molecule has 0 aliphatic carbocycles. The molecule has 1 saturated heterocycles. The van der Waals surface area contributed by atoms with Gasteiger partial charge < -0.3 is 15.0 Å². The van der Waals surface area contributed by atoms with Crippen LogP contribution in [0.2, 0.25) is 0 Å². The third-order valence-corrected chi connectivity index (χ3v) is 4.63. The van der Waals surface area contributed by atoms with Crippen LogP contribution in [0.3, 0.4) is 0 Å². The van der Waals surface area contributed by atoms with Crippen molar-refractivity contribution in [2.45, 2.75) is 38.6 Å². The third kappa shape index (κ3) is 6.26. The van der Waals surface area contributed by atoms with Crippen molar-refractivity contribution in [3.63, 3.8) is 0 Å². The van der Waals surface area contributed by atoms with Crippen LogP contribution in [0.15, 0.2) is 24.3 Å². The van der Waals surface area contributed by atoms with Crippen LogP contribution in [0.5, 0.6) is 0 Å². The number of piperazine rings is 1. The summed E-state index contributed by atoms with van der Waals surface area (Å²) in [6.07, 6.45) is 2.58. The zero-order valence-corrected chi connectivity index (χ0v) is 16.5. The minimum absolute atomic E-state index is 0.0351. The van der Waals surface area contributed by atoms with Gasteiger partial charge in [0.25, 0.3) is 5.91 Å². The Morgan fingerprint density at radius 2 is 2.04 bits per heavy atom. The third-order valence-electron chi connectivity index (χ3n) is 4.29. The molecule has 152 valence electrons. The average Bonchev–Trinajstić information content (AvgIpc) is 2.67. The monoisotopic (exact) mass is 409 g/mol. The molecule has 1 atom stereocenters. The van der Waals surface area contributed by atoms with E-state index in [0.717, 1.165) is 19.3 Å². The highest BCUT2D eigenvalue weighted by Crippen LogP contribution is 2.12. The molecule has 28 heavy (non-hydrogen) atoms. The van der Waals surface area contributed by atoms with Crippen LogP contribution in [-0.4, -0.2) is 53.5 Å². The maximum Gasteiger partial charge on any atom is 0.308 e. The van der Waals surface area contributed by atoms with Gasteiger partial charge in [0, 0.05) is 18.7 Å². The highest BCUT2D eigenvalue weighted by atomic mass is 32.1. The van der Waals surface area contributed by atoms with Crippen molar-refractivity contribution >= 4 is 35.1 Å². The molecule has 0 spiro atoms. The lowest BCUT2D eigenvalue weighted by atomic mass is 10.1. The quantitative estimate of drug-likeness (QED) is 0.405. The lowest BCUT2D eigenvalue weighted by Crippen LogP contribution is -2.60. The molecule has 9 heteroatoms. The van der Waals surface area contributed by atoms with E-state index >= 15 is 0 Å². The Labute approximate surface area is 168 Å². The van der Waals surface area contributed by atoms with Crippen molar-refractivity contribution < 1.29 is 23.5 Å². The van der Waals surface area contributed by atoms with Gasteiger partial charge in [0.15, 0.2) is 5.11 Å². The van der Waals surface area contributed by atoms with Crippen LogP contribution in [0.1, 0.15) is 43.0 Å². The number of rotatable bonds is 7. The van der Waals surface area contributed by atoms with Gasteiger partial charge >= 0.3 is 5.97 Å². The molecule has 1 unspecified atom stereocenters. The second-order valence-electron chi connectivity index (χ2n) is 6.40. The average molecular weight is 409 g/mol. The van der Waals surface area contributed by atoms with Gasteiger partial charge in [-0.05, 0) is 42.9 Å². The predicted molar refractivity (Wildman–Crippen MR) is 105 cm³/mol. The lowest BCUT2D eigenvalue weighted by molar-refractivity contribution is -0.147. The molecular weight excluding hydrogens is 385 g/mol. The minimum atomic E-state index is -0.853. The molecule has 7 nitrogen and oxygen atoms in total. The molecule has 0 aromatic heterocycles. The van der Waals surface area contributed by atoms with Gasteiger partial charge in [0.2, 0.25) is 5.91 Å². The Kier molecular flexibility index (Phi) is 8.31. The van der Waals surface area contributed by atoms with E-state index in [-0.39, 0.29) is 23.0 Å². The number of nitrogens with zero attached hydrogens (tertiary/aromatic N) is 1. The van der Waals surface area contributed by atoms with Crippen molar-refractivity contribution in [1.82, 2.24) is 15.5 Å². The van der Waals surface area contributed by atoms with E-state index in [2.05, 4.69) is 10.6 Å². The Hall–Kier alpha value is -2.55. The van der Waals surface area contributed by atoms with Crippen LogP contribution < -0.4 is 10.6 Å². The highest BCUT2D eigenvalue weighted by Gasteiger charge is 2.34. The summed E-state index contributed by atoms with van der Waals surface area (Å²) >= 11 is 5.27. The number of hydrogen-bond acceptors (Lipinski definition) is 5. The van der Waals surface area contributed by atoms with Gasteiger partial charge in [0.05, 0.1) is 13.0 Å². The number of carbonyl (C=O) groups excluding carboxylic acids is 3. The Morgan fingerprint density at radius 3 is 2.71 bits per heavy atom. The molecule has 1 heterocycles. The molecule has 2 rings (SSSR count). The summed E-state index contributed by atoms with van der Waals surface area (Å²) < 4.78 is 18.2. The van der Waals surface area contributed by atoms with Gasteiger partial charge in [-0.1, -0.05) is 19.8 Å². The Bertz CT molecular complexity index is 726. The van der Waals surface area contributed by atoms with Crippen LogP contribution >= 0.6 is 12.2 Å². The molecule has 2 N–H and O–H groups in total. The zero-order valence-electron chi connectivity index (χ0n) is 15.7. The number of hydrogen-bond donors (Lipinski definition) is 2. The summed E-state index contributed by atoms with van der Waals surface area (Å²) in [5, 5.41) is 5.26. The topological polar surface area (TPSA) is 87.7 Å². The van der Waals surface area contributed by atoms with Crippen LogP contribution in [-0.2, 0) is 14.3 Å². The standard InChI is InChI=1S/C19H24FN3O4S/c1-2-3-4-11-27-16(24)12-15-18(26)21-9-10-23(15)19(28)22-17(25)13-5-7-14(20)8-6-13/h5-8,15H,2-4,9-12H2,1H3,(H,21,26)(H,22,25,28). The maximum atomic E-state index is 13.0. The Morgan fingerprint density at radius 1 is 1.32 bits per heavy atom. The van der Waals surface area contributed by atoms with Crippen molar-refractivity contribution in [3.8, 4) is 0 Å². The normalized spacial score (nSPS) is 16.3. The van der Waals surface area contributed by atoms with Gasteiger partial charge in [-0.25, -0.2) is 4.39 Å². The number of amides is 2. The van der Waals surface area contributed by atoms with E-state index in [1.165, 1.54) is 29.2 Å². The van der Waals surface area contributed by atoms with Gasteiger partial charge in [-0.3, -0.25) is 19.7 Å². The number of unbranched alkanes of at least 4 members (excludes halogenated alkanes) is 2. The van der Waals surface area contributed by atoms with Crippen LogP contribution in [0.25, 0.3) is 0 Å². The largest absolute Gasteiger partial charge is 0.466 e. The molecule has 2 amide bonds. The molecule has 0 bridgehead atoms. The first kappa shape index (κ1) is 21.7. The summed E-state index contributed by atoms with van der Waals surface area (Å²) in [4.78, 5) is 38.1. The number of nitrogens with one attached hydrogen (secondary N) is 2. The van der Waals surface area contributed by atoms with Crippen molar-refractivity contribution in [3.05, 3.63) is 35.6 Å². The molecule has 0 saturated carbocycles. The second-order valence-corrected chi connectivity index (χ2v) is 6.78. The first-order valence-electron chi connectivity index (χ1n) is 9.23. The molecule has 1 aromatic rings. The SMILES string of the molecule is CCCCCOC(=O)CC1C(=O)NCCN1C(=S)NC(=O)c1ccc(F)cc1. The fraction of sp³-hybridized carbons (Fsp3) is 0.474. The fourth-order valence-electron chi connectivity index (χ4n) is 2.76. The molecular formula is C19H24FN3O4S. The molecule has 1 aliphatic heterocycles. The first-order chi connectivity index (χ1) is 13.4. The molecule has 0 radical (unpaired) electrons. The number of halogens is 1. The summed E-state index contributed by atoms with van der Waals surface area (Å²) in [5.41, 5.74) is 0.233. The van der Waals surface area contributed by atoms with E-state index in [0.29, 0.717) is 19.7 Å². The van der Waals surface area contributed by atoms with Crippen LogP contribution in [0.4, 0.5) is 4.39 Å². The second kappa shape index (κ2) is 10.7. The number of carbonyl (C=O) groups is 3. The predicted octanol–water partition coefficient (Wildman–Crippen LogP) is 1.76. The van der Waals surface area contributed by atoms with E-state index in [1.807, 2.05) is 6.92 Å². The van der Waals surface area contributed by atoms with Gasteiger partial charge in [-0.15, -0.1) is 0 Å². The molecule has 1 fully saturated rings. The van der Waals surface area contributed by atoms with Crippen molar-refractivity contribution in [2.75, 3.05) is 19.7 Å². The fourth-order valence-corrected chi connectivity index (χ4v) is 3.07. The van der Waals surface area contributed by atoms with Crippen LogP contribution in [0, 0.1) is 5.82 Å². The number of thiocarbonyl (C=S) groups is 1. The summed E-state index contributed by atoms with van der Waals surface area (Å²) in [7, 11) is 0. The molecule has 1 aromatic carbocycles. The number of esters is 1. The van der Waals surface area contributed by atoms with E-state index in [4.69, 9.17) is 17.0 Å². The lowest BCUT2D eigenvalue weighted by Gasteiger charge is -2.36. The van der Waals surface area contributed by atoms with Crippen molar-refractivity contribution in [2.24, 2.45) is 0 Å². The Balaban J connectivity index is 1.96. The maximum absolute atomic E-state index is 13.0. The highest BCUT2D eigenvalue weighted by molar-refractivity contribution is 7.80. The summed E-state index contributed by atoms with van der Waals surface area (Å²) in [5.74, 6) is -1.81. The number of benzene rings is 1. The van der Waals surface area contributed by atoms with Gasteiger partial charge in [0.1, 0.15) is 11.9 Å². The van der Waals surface area contributed by atoms with Crippen molar-refractivity contribution in [1.29, 1.82) is 0 Å². The summed E-state index contributed by atoms with van der Waals surface area (Å²) in [6, 6.07) is 4.16. The smallest absolute Gasteiger partial charge is 0.308 e. The van der Waals surface area contributed by atoms with E-state index < -0.39 is 23.7 Å². The first-order valence-corrected chi connectivity index (χ1v) is 9.64.